The van der Waals surface area contributed by atoms with E-state index in [2.05, 4.69) is 18.7 Å². The fourth-order valence-corrected chi connectivity index (χ4v) is 2.01. The first-order chi connectivity index (χ1) is 8.09. The summed E-state index contributed by atoms with van der Waals surface area (Å²) in [5, 5.41) is -0.144. The van der Waals surface area contributed by atoms with E-state index in [1.54, 1.807) is 11.8 Å². The quantitative estimate of drug-likeness (QED) is 0.571. The van der Waals surface area contributed by atoms with Gasteiger partial charge in [-0.2, -0.15) is 0 Å². The molecule has 1 aromatic rings. The van der Waals surface area contributed by atoms with Gasteiger partial charge in [-0.15, -0.1) is 11.8 Å². The molecule has 2 nitrogen and oxygen atoms in total. The number of hydrogen-bond donors (Lipinski definition) is 0. The zero-order valence-electron chi connectivity index (χ0n) is 10.3. The van der Waals surface area contributed by atoms with Crippen molar-refractivity contribution in [3.63, 3.8) is 0 Å². The van der Waals surface area contributed by atoms with Gasteiger partial charge in [0.1, 0.15) is 6.61 Å². The normalized spacial score (nSPS) is 11.9. The van der Waals surface area contributed by atoms with Gasteiger partial charge in [-0.3, -0.25) is 4.79 Å². The Kier molecular flexibility index (Phi) is 5.84. The van der Waals surface area contributed by atoms with E-state index in [-0.39, 0.29) is 11.2 Å². The van der Waals surface area contributed by atoms with Crippen LogP contribution in [0.25, 0.3) is 0 Å². The summed E-state index contributed by atoms with van der Waals surface area (Å²) in [7, 11) is 0. The van der Waals surface area contributed by atoms with E-state index in [0.717, 1.165) is 11.3 Å². The lowest BCUT2D eigenvalue weighted by atomic mass is 10.2. The van der Waals surface area contributed by atoms with Crippen molar-refractivity contribution in [3.05, 3.63) is 48.0 Å². The lowest BCUT2D eigenvalue weighted by molar-refractivity contribution is -0.141. The third-order valence-corrected chi connectivity index (χ3v) is 3.33. The highest BCUT2D eigenvalue weighted by Gasteiger charge is 2.14. The van der Waals surface area contributed by atoms with Gasteiger partial charge in [-0.05, 0) is 25.0 Å². The van der Waals surface area contributed by atoms with E-state index in [4.69, 9.17) is 4.74 Å². The average Bonchev–Trinajstić information content (AvgIpc) is 2.34. The summed E-state index contributed by atoms with van der Waals surface area (Å²) < 4.78 is 5.09. The molecular weight excluding hydrogens is 232 g/mol. The second kappa shape index (κ2) is 7.17. The van der Waals surface area contributed by atoms with Gasteiger partial charge in [-0.25, -0.2) is 0 Å². The Morgan fingerprint density at radius 1 is 1.41 bits per heavy atom. The topological polar surface area (TPSA) is 26.3 Å². The lowest BCUT2D eigenvalue weighted by Gasteiger charge is -2.11. The first-order valence-electron chi connectivity index (χ1n) is 5.56. The lowest BCUT2D eigenvalue weighted by Crippen LogP contribution is -2.18. The van der Waals surface area contributed by atoms with E-state index in [1.807, 2.05) is 32.0 Å². The number of hydrogen-bond acceptors (Lipinski definition) is 3. The molecule has 0 saturated carbocycles. The van der Waals surface area contributed by atoms with Crippen molar-refractivity contribution in [1.82, 2.24) is 0 Å². The molecule has 0 aliphatic heterocycles. The van der Waals surface area contributed by atoms with Crippen LogP contribution in [0.15, 0.2) is 42.5 Å². The highest BCUT2D eigenvalue weighted by molar-refractivity contribution is 7.99. The van der Waals surface area contributed by atoms with Crippen molar-refractivity contribution in [3.8, 4) is 0 Å². The summed E-state index contributed by atoms with van der Waals surface area (Å²) in [6.07, 6.45) is 0. The summed E-state index contributed by atoms with van der Waals surface area (Å²) >= 11 is 1.59. The first kappa shape index (κ1) is 13.8. The van der Waals surface area contributed by atoms with Crippen molar-refractivity contribution in [1.29, 1.82) is 0 Å². The van der Waals surface area contributed by atoms with Gasteiger partial charge in [-0.1, -0.05) is 36.9 Å². The standard InChI is InChI=1S/C14H18O2S/c1-11(2)9-16-14(15)12(3)17-10-13-7-5-4-6-8-13/h4-8,12H,1,9-10H2,2-3H3. The Labute approximate surface area is 107 Å². The summed E-state index contributed by atoms with van der Waals surface area (Å²) in [6, 6.07) is 10.1. The van der Waals surface area contributed by atoms with Crippen LogP contribution in [0.2, 0.25) is 0 Å². The Bertz CT molecular complexity index is 373. The Morgan fingerprint density at radius 3 is 2.65 bits per heavy atom. The first-order valence-corrected chi connectivity index (χ1v) is 6.61. The zero-order chi connectivity index (χ0) is 12.7. The Morgan fingerprint density at radius 2 is 2.06 bits per heavy atom. The molecule has 3 heteroatoms. The second-order valence-electron chi connectivity index (χ2n) is 4.00. The molecule has 92 valence electrons. The molecule has 0 spiro atoms. The predicted molar refractivity (Wildman–Crippen MR) is 73.0 cm³/mol. The van der Waals surface area contributed by atoms with Crippen molar-refractivity contribution < 1.29 is 9.53 Å². The molecule has 0 bridgehead atoms. The molecule has 1 rings (SSSR count). The number of rotatable bonds is 6. The minimum atomic E-state index is -0.172. The maximum absolute atomic E-state index is 11.6. The Balaban J connectivity index is 2.31. The Hall–Kier alpha value is -1.22. The van der Waals surface area contributed by atoms with Crippen LogP contribution >= 0.6 is 11.8 Å². The third-order valence-electron chi connectivity index (χ3n) is 2.14. The van der Waals surface area contributed by atoms with Gasteiger partial charge in [0, 0.05) is 5.75 Å². The van der Waals surface area contributed by atoms with Crippen LogP contribution in [0.3, 0.4) is 0 Å². The van der Waals surface area contributed by atoms with Gasteiger partial charge in [0.25, 0.3) is 0 Å². The SMILES string of the molecule is C=C(C)COC(=O)C(C)SCc1ccccc1. The van der Waals surface area contributed by atoms with Crippen LogP contribution < -0.4 is 0 Å². The zero-order valence-corrected chi connectivity index (χ0v) is 11.1. The highest BCUT2D eigenvalue weighted by Crippen LogP contribution is 2.18. The van der Waals surface area contributed by atoms with Crippen molar-refractivity contribution >= 4 is 17.7 Å². The molecule has 0 aromatic heterocycles. The molecule has 1 unspecified atom stereocenters. The number of carbonyl (C=O) groups is 1. The summed E-state index contributed by atoms with van der Waals surface area (Å²) in [5.41, 5.74) is 2.08. The van der Waals surface area contributed by atoms with Gasteiger partial charge in [0.15, 0.2) is 0 Å². The van der Waals surface area contributed by atoms with Crippen LogP contribution in [0, 0.1) is 0 Å². The highest BCUT2D eigenvalue weighted by atomic mass is 32.2. The molecule has 17 heavy (non-hydrogen) atoms. The minimum absolute atomic E-state index is 0.144. The van der Waals surface area contributed by atoms with Gasteiger partial charge >= 0.3 is 5.97 Å². The fraction of sp³-hybridized carbons (Fsp3) is 0.357. The molecule has 1 aromatic carbocycles. The average molecular weight is 250 g/mol. The van der Waals surface area contributed by atoms with Crippen LogP contribution in [-0.2, 0) is 15.3 Å². The molecular formula is C14H18O2S. The molecule has 0 aliphatic rings. The molecule has 0 saturated heterocycles. The van der Waals surface area contributed by atoms with E-state index in [0.29, 0.717) is 6.61 Å². The molecule has 0 heterocycles. The van der Waals surface area contributed by atoms with Crippen LogP contribution in [-0.4, -0.2) is 17.8 Å². The number of ether oxygens (including phenoxy) is 1. The molecule has 0 radical (unpaired) electrons. The van der Waals surface area contributed by atoms with Crippen molar-refractivity contribution in [2.45, 2.75) is 24.9 Å². The van der Waals surface area contributed by atoms with Gasteiger partial charge in [0.2, 0.25) is 0 Å². The van der Waals surface area contributed by atoms with Crippen LogP contribution in [0.5, 0.6) is 0 Å². The molecule has 0 N–H and O–H groups in total. The van der Waals surface area contributed by atoms with Gasteiger partial charge in [0.05, 0.1) is 5.25 Å². The largest absolute Gasteiger partial charge is 0.460 e. The predicted octanol–water partition coefficient (Wildman–Crippen LogP) is 3.43. The van der Waals surface area contributed by atoms with Crippen LogP contribution in [0.4, 0.5) is 0 Å². The monoisotopic (exact) mass is 250 g/mol. The summed E-state index contributed by atoms with van der Waals surface area (Å²) in [6.45, 7) is 7.72. The molecule has 0 fully saturated rings. The van der Waals surface area contributed by atoms with E-state index < -0.39 is 0 Å². The smallest absolute Gasteiger partial charge is 0.319 e. The number of carbonyl (C=O) groups excluding carboxylic acids is 1. The number of esters is 1. The maximum atomic E-state index is 11.6. The van der Waals surface area contributed by atoms with Crippen molar-refractivity contribution in [2.24, 2.45) is 0 Å². The van der Waals surface area contributed by atoms with Gasteiger partial charge < -0.3 is 4.74 Å². The fourth-order valence-electron chi connectivity index (χ4n) is 1.18. The van der Waals surface area contributed by atoms with Crippen molar-refractivity contribution in [2.75, 3.05) is 6.61 Å². The summed E-state index contributed by atoms with van der Waals surface area (Å²) in [5.74, 6) is 0.651. The number of thioether (sulfide) groups is 1. The second-order valence-corrected chi connectivity index (χ2v) is 5.33. The number of benzene rings is 1. The van der Waals surface area contributed by atoms with Crippen LogP contribution in [0.1, 0.15) is 19.4 Å². The van der Waals surface area contributed by atoms with E-state index >= 15 is 0 Å². The maximum Gasteiger partial charge on any atom is 0.319 e. The molecule has 1 atom stereocenters. The summed E-state index contributed by atoms with van der Waals surface area (Å²) in [4.78, 5) is 11.6. The minimum Gasteiger partial charge on any atom is -0.460 e. The van der Waals surface area contributed by atoms with E-state index in [1.165, 1.54) is 5.56 Å². The van der Waals surface area contributed by atoms with E-state index in [9.17, 15) is 4.79 Å². The molecule has 0 amide bonds. The third kappa shape index (κ3) is 5.59. The molecule has 0 aliphatic carbocycles.